The molecule has 3 rings (SSSR count). The first-order valence-corrected chi connectivity index (χ1v) is 8.68. The van der Waals surface area contributed by atoms with E-state index in [9.17, 15) is 14.9 Å². The van der Waals surface area contributed by atoms with Gasteiger partial charge in [-0.1, -0.05) is 6.92 Å². The first-order chi connectivity index (χ1) is 11.6. The average Bonchev–Trinajstić information content (AvgIpc) is 3.07. The second-order valence-electron chi connectivity index (χ2n) is 6.47. The van der Waals surface area contributed by atoms with Crippen molar-refractivity contribution in [2.45, 2.75) is 32.6 Å². The standard InChI is InChI=1S/C17H24N4O3/c1-2-8-19-17(22)12-4-3-10-20(11-12)16-13-7-9-18-14(13)5-6-15(16)21(23)24/h5-6,12,18H,2-4,7-11H2,1H3,(H,19,22)/t12-/m0/s1. The zero-order valence-electron chi connectivity index (χ0n) is 14.0. The molecule has 130 valence electrons. The third-order valence-electron chi connectivity index (χ3n) is 4.81. The fourth-order valence-corrected chi connectivity index (χ4v) is 3.65. The van der Waals surface area contributed by atoms with E-state index in [0.717, 1.165) is 50.0 Å². The maximum absolute atomic E-state index is 12.3. The van der Waals surface area contributed by atoms with Crippen LogP contribution in [-0.2, 0) is 11.2 Å². The van der Waals surface area contributed by atoms with Crippen molar-refractivity contribution in [3.8, 4) is 0 Å². The monoisotopic (exact) mass is 332 g/mol. The highest BCUT2D eigenvalue weighted by atomic mass is 16.6. The summed E-state index contributed by atoms with van der Waals surface area (Å²) in [5.41, 5.74) is 2.84. The van der Waals surface area contributed by atoms with Crippen molar-refractivity contribution in [3.63, 3.8) is 0 Å². The molecule has 1 atom stereocenters. The summed E-state index contributed by atoms with van der Waals surface area (Å²) in [7, 11) is 0. The van der Waals surface area contributed by atoms with E-state index in [1.165, 1.54) is 0 Å². The van der Waals surface area contributed by atoms with Crippen LogP contribution < -0.4 is 15.5 Å². The van der Waals surface area contributed by atoms with Gasteiger partial charge in [-0.15, -0.1) is 0 Å². The molecule has 1 aromatic carbocycles. The summed E-state index contributed by atoms with van der Waals surface area (Å²) < 4.78 is 0. The highest BCUT2D eigenvalue weighted by molar-refractivity contribution is 5.82. The number of carbonyl (C=O) groups excluding carboxylic acids is 1. The van der Waals surface area contributed by atoms with E-state index in [2.05, 4.69) is 10.6 Å². The Balaban J connectivity index is 1.87. The van der Waals surface area contributed by atoms with Crippen LogP contribution in [0.5, 0.6) is 0 Å². The Kier molecular flexibility index (Phi) is 4.87. The van der Waals surface area contributed by atoms with E-state index < -0.39 is 0 Å². The van der Waals surface area contributed by atoms with Crippen LogP contribution in [0.25, 0.3) is 0 Å². The molecule has 1 amide bonds. The van der Waals surface area contributed by atoms with E-state index in [4.69, 9.17) is 0 Å². The number of hydrogen-bond acceptors (Lipinski definition) is 5. The molecule has 7 heteroatoms. The Labute approximate surface area is 141 Å². The smallest absolute Gasteiger partial charge is 0.292 e. The van der Waals surface area contributed by atoms with Gasteiger partial charge in [0.25, 0.3) is 5.69 Å². The molecule has 0 aromatic heterocycles. The molecule has 0 radical (unpaired) electrons. The zero-order chi connectivity index (χ0) is 17.1. The number of fused-ring (bicyclic) bond motifs is 1. The SMILES string of the molecule is CCCNC(=O)[C@H]1CCCN(c2c([N+](=O)[O-])ccc3c2CCN3)C1. The van der Waals surface area contributed by atoms with Gasteiger partial charge < -0.3 is 15.5 Å². The molecule has 24 heavy (non-hydrogen) atoms. The van der Waals surface area contributed by atoms with Crippen LogP contribution >= 0.6 is 0 Å². The van der Waals surface area contributed by atoms with Gasteiger partial charge in [-0.25, -0.2) is 0 Å². The van der Waals surface area contributed by atoms with Crippen LogP contribution in [0.4, 0.5) is 17.1 Å². The molecule has 0 aliphatic carbocycles. The lowest BCUT2D eigenvalue weighted by Gasteiger charge is -2.34. The van der Waals surface area contributed by atoms with Crippen molar-refractivity contribution in [1.82, 2.24) is 5.32 Å². The van der Waals surface area contributed by atoms with Gasteiger partial charge in [-0.2, -0.15) is 0 Å². The number of nitrogens with zero attached hydrogens (tertiary/aromatic N) is 2. The molecular formula is C17H24N4O3. The Hall–Kier alpha value is -2.31. The van der Waals surface area contributed by atoms with Gasteiger partial charge in [0.05, 0.1) is 10.8 Å². The third kappa shape index (κ3) is 3.16. The van der Waals surface area contributed by atoms with Crippen LogP contribution in [-0.4, -0.2) is 37.0 Å². The Morgan fingerprint density at radius 3 is 3.08 bits per heavy atom. The molecule has 0 saturated carbocycles. The third-order valence-corrected chi connectivity index (χ3v) is 4.81. The molecule has 7 nitrogen and oxygen atoms in total. The number of hydrogen-bond donors (Lipinski definition) is 2. The number of nitrogens with one attached hydrogen (secondary N) is 2. The molecule has 0 bridgehead atoms. The van der Waals surface area contributed by atoms with Gasteiger partial charge in [0.15, 0.2) is 0 Å². The van der Waals surface area contributed by atoms with Gasteiger partial charge in [0.1, 0.15) is 5.69 Å². The Morgan fingerprint density at radius 2 is 2.33 bits per heavy atom. The lowest BCUT2D eigenvalue weighted by atomic mass is 9.95. The molecule has 1 aromatic rings. The fourth-order valence-electron chi connectivity index (χ4n) is 3.65. The minimum atomic E-state index is -0.311. The Bertz CT molecular complexity index is 647. The highest BCUT2D eigenvalue weighted by Gasteiger charge is 2.32. The van der Waals surface area contributed by atoms with E-state index >= 15 is 0 Å². The van der Waals surface area contributed by atoms with Crippen LogP contribution in [0.15, 0.2) is 12.1 Å². The van der Waals surface area contributed by atoms with Gasteiger partial charge in [-0.05, 0) is 31.7 Å². The highest BCUT2D eigenvalue weighted by Crippen LogP contribution is 2.41. The number of anilines is 2. The molecule has 0 unspecified atom stereocenters. The van der Waals surface area contributed by atoms with Crippen LogP contribution in [0.2, 0.25) is 0 Å². The number of rotatable bonds is 5. The first kappa shape index (κ1) is 16.5. The normalized spacial score (nSPS) is 19.5. The number of amides is 1. The summed E-state index contributed by atoms with van der Waals surface area (Å²) in [6, 6.07) is 3.37. The van der Waals surface area contributed by atoms with Crippen LogP contribution in [0.1, 0.15) is 31.7 Å². The topological polar surface area (TPSA) is 87.5 Å². The molecule has 2 aliphatic rings. The summed E-state index contributed by atoms with van der Waals surface area (Å²) in [5.74, 6) is -0.0370. The van der Waals surface area contributed by atoms with Crippen molar-refractivity contribution in [1.29, 1.82) is 0 Å². The van der Waals surface area contributed by atoms with Gasteiger partial charge in [-0.3, -0.25) is 14.9 Å². The maximum atomic E-state index is 12.3. The summed E-state index contributed by atoms with van der Waals surface area (Å²) in [6.07, 6.45) is 3.41. The minimum Gasteiger partial charge on any atom is -0.384 e. The van der Waals surface area contributed by atoms with Crippen molar-refractivity contribution in [3.05, 3.63) is 27.8 Å². The van der Waals surface area contributed by atoms with Gasteiger partial charge in [0, 0.05) is 43.5 Å². The molecule has 2 heterocycles. The van der Waals surface area contributed by atoms with E-state index in [1.54, 1.807) is 12.1 Å². The summed E-state index contributed by atoms with van der Waals surface area (Å²) >= 11 is 0. The molecule has 1 saturated heterocycles. The predicted molar refractivity (Wildman–Crippen MR) is 93.5 cm³/mol. The zero-order valence-corrected chi connectivity index (χ0v) is 14.0. The van der Waals surface area contributed by atoms with Crippen molar-refractivity contribution in [2.75, 3.05) is 36.4 Å². The molecule has 2 aliphatic heterocycles. The second kappa shape index (κ2) is 7.07. The van der Waals surface area contributed by atoms with Crippen molar-refractivity contribution < 1.29 is 9.72 Å². The second-order valence-corrected chi connectivity index (χ2v) is 6.47. The van der Waals surface area contributed by atoms with Gasteiger partial charge in [0.2, 0.25) is 5.91 Å². The number of carbonyl (C=O) groups is 1. The van der Waals surface area contributed by atoms with E-state index in [1.807, 2.05) is 11.8 Å². The largest absolute Gasteiger partial charge is 0.384 e. The van der Waals surface area contributed by atoms with Crippen LogP contribution in [0.3, 0.4) is 0 Å². The fraction of sp³-hybridized carbons (Fsp3) is 0.588. The number of nitro groups is 1. The number of nitro benzene ring substituents is 1. The van der Waals surface area contributed by atoms with E-state index in [-0.39, 0.29) is 22.4 Å². The summed E-state index contributed by atoms with van der Waals surface area (Å²) in [4.78, 5) is 25.5. The molecule has 0 spiro atoms. The molecule has 1 fully saturated rings. The Morgan fingerprint density at radius 1 is 1.50 bits per heavy atom. The number of piperidine rings is 1. The van der Waals surface area contributed by atoms with Crippen molar-refractivity contribution in [2.24, 2.45) is 5.92 Å². The lowest BCUT2D eigenvalue weighted by Crippen LogP contribution is -2.43. The van der Waals surface area contributed by atoms with Crippen LogP contribution in [0, 0.1) is 16.0 Å². The summed E-state index contributed by atoms with van der Waals surface area (Å²) in [5, 5.41) is 17.7. The molecule has 2 N–H and O–H groups in total. The first-order valence-electron chi connectivity index (χ1n) is 8.68. The maximum Gasteiger partial charge on any atom is 0.292 e. The average molecular weight is 332 g/mol. The predicted octanol–water partition coefficient (Wildman–Crippen LogP) is 2.31. The minimum absolute atomic E-state index is 0.0647. The number of benzene rings is 1. The quantitative estimate of drug-likeness (QED) is 0.638. The van der Waals surface area contributed by atoms with Gasteiger partial charge >= 0.3 is 0 Å². The molecular weight excluding hydrogens is 308 g/mol. The van der Waals surface area contributed by atoms with Crippen molar-refractivity contribution >= 4 is 23.0 Å². The lowest BCUT2D eigenvalue weighted by molar-refractivity contribution is -0.384. The van der Waals surface area contributed by atoms with E-state index in [0.29, 0.717) is 18.8 Å². The summed E-state index contributed by atoms with van der Waals surface area (Å²) in [6.45, 7) is 4.82.